The van der Waals surface area contributed by atoms with Crippen molar-refractivity contribution in [3.8, 4) is 23.0 Å². The SMILES string of the molecule is CCOc1cc(C=CC(=O)c2ccc(OCC(=O)O)c(OC)c2)cc(Cl)c1O. The van der Waals surface area contributed by atoms with Gasteiger partial charge >= 0.3 is 5.97 Å². The smallest absolute Gasteiger partial charge is 0.341 e. The van der Waals surface area contributed by atoms with Gasteiger partial charge in [0.15, 0.2) is 35.4 Å². The Kier molecular flexibility index (Phi) is 7.28. The molecule has 148 valence electrons. The molecule has 2 aromatic rings. The number of allylic oxidation sites excluding steroid dienone is 1. The molecule has 0 fully saturated rings. The molecule has 0 saturated carbocycles. The highest BCUT2D eigenvalue weighted by Crippen LogP contribution is 2.35. The van der Waals surface area contributed by atoms with Crippen LogP contribution in [0.25, 0.3) is 6.08 Å². The minimum Gasteiger partial charge on any atom is -0.503 e. The predicted octanol–water partition coefficient (Wildman–Crippen LogP) is 3.81. The maximum atomic E-state index is 12.4. The van der Waals surface area contributed by atoms with Crippen LogP contribution in [0.15, 0.2) is 36.4 Å². The van der Waals surface area contributed by atoms with E-state index >= 15 is 0 Å². The molecule has 0 heterocycles. The van der Waals surface area contributed by atoms with Crippen LogP contribution in [0.5, 0.6) is 23.0 Å². The van der Waals surface area contributed by atoms with Crippen LogP contribution in [0, 0.1) is 0 Å². The molecule has 0 radical (unpaired) electrons. The second-order valence-corrected chi connectivity index (χ2v) is 5.94. The fourth-order valence-electron chi connectivity index (χ4n) is 2.30. The van der Waals surface area contributed by atoms with E-state index in [4.69, 9.17) is 30.9 Å². The third kappa shape index (κ3) is 5.40. The number of methoxy groups -OCH3 is 1. The van der Waals surface area contributed by atoms with E-state index in [9.17, 15) is 14.7 Å². The second kappa shape index (κ2) is 9.66. The normalized spacial score (nSPS) is 10.7. The largest absolute Gasteiger partial charge is 0.503 e. The van der Waals surface area contributed by atoms with Crippen molar-refractivity contribution in [2.45, 2.75) is 6.92 Å². The summed E-state index contributed by atoms with van der Waals surface area (Å²) >= 11 is 5.97. The zero-order chi connectivity index (χ0) is 20.7. The Morgan fingerprint density at radius 2 is 1.86 bits per heavy atom. The lowest BCUT2D eigenvalue weighted by Gasteiger charge is -2.10. The standard InChI is InChI=1S/C20H19ClO7/c1-3-27-18-9-12(8-14(21)20(18)25)4-6-15(22)13-5-7-16(17(10-13)26-2)28-11-19(23)24/h4-10,25H,3,11H2,1-2H3,(H,23,24). The highest BCUT2D eigenvalue weighted by Gasteiger charge is 2.12. The first-order valence-corrected chi connectivity index (χ1v) is 8.63. The number of aromatic hydroxyl groups is 1. The third-order valence-electron chi connectivity index (χ3n) is 3.58. The van der Waals surface area contributed by atoms with Crippen molar-refractivity contribution in [2.24, 2.45) is 0 Å². The van der Waals surface area contributed by atoms with E-state index in [0.29, 0.717) is 17.7 Å². The lowest BCUT2D eigenvalue weighted by atomic mass is 10.1. The van der Waals surface area contributed by atoms with Gasteiger partial charge in [0.05, 0.1) is 18.7 Å². The van der Waals surface area contributed by atoms with Crippen molar-refractivity contribution in [3.63, 3.8) is 0 Å². The number of benzene rings is 2. The van der Waals surface area contributed by atoms with Gasteiger partial charge in [0.2, 0.25) is 0 Å². The molecule has 0 spiro atoms. The highest BCUT2D eigenvalue weighted by atomic mass is 35.5. The van der Waals surface area contributed by atoms with Crippen LogP contribution in [0.3, 0.4) is 0 Å². The Morgan fingerprint density at radius 3 is 2.50 bits per heavy atom. The average molecular weight is 407 g/mol. The van der Waals surface area contributed by atoms with Crippen LogP contribution in [-0.4, -0.2) is 42.3 Å². The molecule has 28 heavy (non-hydrogen) atoms. The van der Waals surface area contributed by atoms with Crippen molar-refractivity contribution >= 4 is 29.4 Å². The van der Waals surface area contributed by atoms with E-state index in [1.165, 1.54) is 43.5 Å². The number of carboxylic acid groups (broad SMARTS) is 1. The van der Waals surface area contributed by atoms with Crippen LogP contribution in [0.2, 0.25) is 5.02 Å². The van der Waals surface area contributed by atoms with E-state index < -0.39 is 12.6 Å². The summed E-state index contributed by atoms with van der Waals surface area (Å²) < 4.78 is 15.6. The predicted molar refractivity (Wildman–Crippen MR) is 104 cm³/mol. The number of phenolic OH excluding ortho intramolecular Hbond substituents is 1. The minimum atomic E-state index is -1.12. The van der Waals surface area contributed by atoms with Gasteiger partial charge in [-0.15, -0.1) is 0 Å². The summed E-state index contributed by atoms with van der Waals surface area (Å²) in [5.74, 6) is -0.907. The third-order valence-corrected chi connectivity index (χ3v) is 3.87. The van der Waals surface area contributed by atoms with Gasteiger partial charge in [-0.1, -0.05) is 17.7 Å². The van der Waals surface area contributed by atoms with Crippen LogP contribution < -0.4 is 14.2 Å². The molecule has 0 atom stereocenters. The molecule has 0 aromatic heterocycles. The average Bonchev–Trinajstić information content (AvgIpc) is 2.68. The Labute approximate surface area is 166 Å². The first kappa shape index (κ1) is 21.1. The number of carbonyl (C=O) groups is 2. The van der Waals surface area contributed by atoms with Gasteiger partial charge in [-0.2, -0.15) is 0 Å². The quantitative estimate of drug-likeness (QED) is 0.482. The Balaban J connectivity index is 2.21. The molecule has 2 N–H and O–H groups in total. The summed E-state index contributed by atoms with van der Waals surface area (Å²) in [6, 6.07) is 7.50. The molecule has 0 saturated heterocycles. The van der Waals surface area contributed by atoms with Crippen LogP contribution in [0.1, 0.15) is 22.8 Å². The topological polar surface area (TPSA) is 102 Å². The molecule has 8 heteroatoms. The molecule has 0 bridgehead atoms. The second-order valence-electron chi connectivity index (χ2n) is 5.53. The Bertz CT molecular complexity index is 906. The van der Waals surface area contributed by atoms with Crippen molar-refractivity contribution in [1.29, 1.82) is 0 Å². The van der Waals surface area contributed by atoms with E-state index in [1.54, 1.807) is 13.0 Å². The summed E-state index contributed by atoms with van der Waals surface area (Å²) in [5, 5.41) is 18.7. The molecule has 0 unspecified atom stereocenters. The van der Waals surface area contributed by atoms with Crippen molar-refractivity contribution < 1.29 is 34.0 Å². The first-order chi connectivity index (χ1) is 13.3. The van der Waals surface area contributed by atoms with Gasteiger partial charge in [0, 0.05) is 5.56 Å². The van der Waals surface area contributed by atoms with Gasteiger partial charge in [-0.05, 0) is 48.9 Å². The maximum Gasteiger partial charge on any atom is 0.341 e. The van der Waals surface area contributed by atoms with E-state index in [2.05, 4.69) is 0 Å². The molecule has 0 amide bonds. The van der Waals surface area contributed by atoms with Crippen molar-refractivity contribution in [1.82, 2.24) is 0 Å². The molecule has 7 nitrogen and oxygen atoms in total. The molecule has 0 aliphatic heterocycles. The van der Waals surface area contributed by atoms with Gasteiger partial charge in [-0.25, -0.2) is 4.79 Å². The minimum absolute atomic E-state index is 0.111. The van der Waals surface area contributed by atoms with Crippen molar-refractivity contribution in [3.05, 3.63) is 52.6 Å². The van der Waals surface area contributed by atoms with Crippen LogP contribution in [-0.2, 0) is 4.79 Å². The van der Waals surface area contributed by atoms with Crippen molar-refractivity contribution in [2.75, 3.05) is 20.3 Å². The maximum absolute atomic E-state index is 12.4. The van der Waals surface area contributed by atoms with Gasteiger partial charge in [0.1, 0.15) is 0 Å². The zero-order valence-corrected chi connectivity index (χ0v) is 16.0. The number of carboxylic acids is 1. The number of carbonyl (C=O) groups excluding carboxylic acids is 1. The fourth-order valence-corrected chi connectivity index (χ4v) is 2.52. The Hall–Kier alpha value is -3.19. The lowest BCUT2D eigenvalue weighted by molar-refractivity contribution is -0.139. The number of halogens is 1. The highest BCUT2D eigenvalue weighted by molar-refractivity contribution is 6.32. The summed E-state index contributed by atoms with van der Waals surface area (Å²) in [7, 11) is 1.39. The Morgan fingerprint density at radius 1 is 1.11 bits per heavy atom. The van der Waals surface area contributed by atoms with E-state index in [0.717, 1.165) is 0 Å². The number of rotatable bonds is 9. The monoisotopic (exact) mass is 406 g/mol. The summed E-state index contributed by atoms with van der Waals surface area (Å²) in [6.07, 6.45) is 2.88. The number of ketones is 1. The van der Waals surface area contributed by atoms with E-state index in [1.807, 2.05) is 0 Å². The van der Waals surface area contributed by atoms with Gasteiger partial charge in [-0.3, -0.25) is 4.79 Å². The van der Waals surface area contributed by atoms with Crippen LogP contribution in [0.4, 0.5) is 0 Å². The summed E-state index contributed by atoms with van der Waals surface area (Å²) in [5.41, 5.74) is 0.902. The molecule has 2 aromatic carbocycles. The van der Waals surface area contributed by atoms with Gasteiger partial charge in [0.25, 0.3) is 0 Å². The summed E-state index contributed by atoms with van der Waals surface area (Å²) in [4.78, 5) is 23.0. The molecule has 2 rings (SSSR count). The molecule has 0 aliphatic rings. The number of hydrogen-bond acceptors (Lipinski definition) is 6. The fraction of sp³-hybridized carbons (Fsp3) is 0.200. The first-order valence-electron chi connectivity index (χ1n) is 8.26. The molecular formula is C20H19ClO7. The molecule has 0 aliphatic carbocycles. The number of hydrogen-bond donors (Lipinski definition) is 2. The van der Waals surface area contributed by atoms with E-state index in [-0.39, 0.29) is 33.8 Å². The van der Waals surface area contributed by atoms with Gasteiger partial charge < -0.3 is 24.4 Å². The number of phenols is 1. The van der Waals surface area contributed by atoms with Crippen LogP contribution >= 0.6 is 11.6 Å². The zero-order valence-electron chi connectivity index (χ0n) is 15.3. The number of aliphatic carboxylic acids is 1. The lowest BCUT2D eigenvalue weighted by Crippen LogP contribution is -2.10. The summed E-state index contributed by atoms with van der Waals surface area (Å²) in [6.45, 7) is 1.61. The molecular weight excluding hydrogens is 388 g/mol. The number of ether oxygens (including phenoxy) is 3.